The quantitative estimate of drug-likeness (QED) is 0.582. The predicted molar refractivity (Wildman–Crippen MR) is 124 cm³/mol. The molecule has 0 saturated carbocycles. The second-order valence-electron chi connectivity index (χ2n) is 10.9. The van der Waals surface area contributed by atoms with Crippen molar-refractivity contribution in [2.75, 3.05) is 32.7 Å². The average molecular weight is 429 g/mol. The number of aryl methyl sites for hydroxylation is 1. The highest BCUT2D eigenvalue weighted by molar-refractivity contribution is 6.07. The number of nitrogens with zero attached hydrogens (tertiary/aromatic N) is 4. The first-order chi connectivity index (χ1) is 14.6. The van der Waals surface area contributed by atoms with Crippen LogP contribution in [0.4, 0.5) is 4.79 Å². The molecule has 0 N–H and O–H groups in total. The van der Waals surface area contributed by atoms with Gasteiger partial charge in [0.05, 0.1) is 0 Å². The molecule has 0 bridgehead atoms. The van der Waals surface area contributed by atoms with Crippen molar-refractivity contribution in [3.8, 4) is 0 Å². The summed E-state index contributed by atoms with van der Waals surface area (Å²) in [6.07, 6.45) is 7.62. The van der Waals surface area contributed by atoms with Crippen molar-refractivity contribution in [1.29, 1.82) is 0 Å². The van der Waals surface area contributed by atoms with E-state index >= 15 is 0 Å². The van der Waals surface area contributed by atoms with Crippen LogP contribution in [0, 0.1) is 11.3 Å². The number of hydrogen-bond acceptors (Lipinski definition) is 4. The maximum atomic E-state index is 13.6. The molecule has 0 unspecified atom stereocenters. The number of imide groups is 1. The molecule has 0 atom stereocenters. The van der Waals surface area contributed by atoms with Crippen LogP contribution in [0.1, 0.15) is 65.9 Å². The fraction of sp³-hybridized carbons (Fsp3) is 0.720. The van der Waals surface area contributed by atoms with E-state index in [1.54, 1.807) is 17.3 Å². The number of pyridine rings is 1. The number of hydrogen-bond donors (Lipinski definition) is 0. The third-order valence-electron chi connectivity index (χ3n) is 6.53. The minimum absolute atomic E-state index is 0.0337. The van der Waals surface area contributed by atoms with E-state index in [0.29, 0.717) is 19.0 Å². The Kier molecular flexibility index (Phi) is 7.40. The summed E-state index contributed by atoms with van der Waals surface area (Å²) < 4.78 is 0. The van der Waals surface area contributed by atoms with Gasteiger partial charge >= 0.3 is 6.03 Å². The van der Waals surface area contributed by atoms with Gasteiger partial charge in [0.15, 0.2) is 0 Å². The van der Waals surface area contributed by atoms with Crippen molar-refractivity contribution in [2.24, 2.45) is 11.3 Å². The molecule has 0 radical (unpaired) electrons. The number of urea groups is 1. The van der Waals surface area contributed by atoms with Crippen LogP contribution in [0.15, 0.2) is 24.5 Å². The second-order valence-corrected chi connectivity index (χ2v) is 10.9. The molecule has 6 heteroatoms. The Morgan fingerprint density at radius 1 is 1.06 bits per heavy atom. The summed E-state index contributed by atoms with van der Waals surface area (Å²) in [5.41, 5.74) is 0.781. The number of amides is 3. The number of carbonyl (C=O) groups is 2. The molecule has 2 fully saturated rings. The lowest BCUT2D eigenvalue weighted by molar-refractivity contribution is -0.135. The molecule has 31 heavy (non-hydrogen) atoms. The first-order valence-corrected chi connectivity index (χ1v) is 11.9. The molecule has 0 aromatic carbocycles. The fourth-order valence-electron chi connectivity index (χ4n) is 4.90. The molecule has 1 spiro atoms. The van der Waals surface area contributed by atoms with E-state index in [1.165, 1.54) is 5.56 Å². The van der Waals surface area contributed by atoms with Gasteiger partial charge in [-0.3, -0.25) is 14.7 Å². The van der Waals surface area contributed by atoms with Crippen LogP contribution < -0.4 is 0 Å². The van der Waals surface area contributed by atoms with Crippen molar-refractivity contribution < 1.29 is 9.59 Å². The molecule has 1 aromatic rings. The Bertz CT molecular complexity index is 749. The highest BCUT2D eigenvalue weighted by atomic mass is 16.2. The Hall–Kier alpha value is -1.95. The van der Waals surface area contributed by atoms with Crippen LogP contribution in [0.5, 0.6) is 0 Å². The SMILES string of the molecule is CC(C)CCN1C(=O)N(CCCc2ccncc2)C(=O)C12CCN(CC(C)(C)C)CC2. The first kappa shape index (κ1) is 23.7. The van der Waals surface area contributed by atoms with E-state index in [1.807, 2.05) is 17.0 Å². The standard InChI is InChI=1S/C25H40N4O2/c1-20(2)10-16-29-23(31)28(15-6-7-21-8-13-26-14-9-21)22(30)25(29)11-17-27(18-12-25)19-24(3,4)5/h8-9,13-14,20H,6-7,10-12,15-19H2,1-5H3. The lowest BCUT2D eigenvalue weighted by Crippen LogP contribution is -2.57. The molecule has 0 aliphatic carbocycles. The molecule has 3 rings (SSSR count). The highest BCUT2D eigenvalue weighted by Gasteiger charge is 2.57. The van der Waals surface area contributed by atoms with Gasteiger partial charge in [-0.25, -0.2) is 4.79 Å². The zero-order valence-electron chi connectivity index (χ0n) is 20.1. The van der Waals surface area contributed by atoms with Gasteiger partial charge in [-0.2, -0.15) is 0 Å². The van der Waals surface area contributed by atoms with Crippen LogP contribution in [0.3, 0.4) is 0 Å². The maximum absolute atomic E-state index is 13.6. The van der Waals surface area contributed by atoms with E-state index in [9.17, 15) is 9.59 Å². The summed E-state index contributed by atoms with van der Waals surface area (Å²) in [5.74, 6) is 0.535. The van der Waals surface area contributed by atoms with Crippen molar-refractivity contribution in [3.05, 3.63) is 30.1 Å². The van der Waals surface area contributed by atoms with E-state index in [4.69, 9.17) is 0 Å². The van der Waals surface area contributed by atoms with E-state index in [0.717, 1.165) is 51.7 Å². The number of rotatable bonds is 8. The molecule has 2 aliphatic rings. The minimum Gasteiger partial charge on any atom is -0.309 e. The lowest BCUT2D eigenvalue weighted by atomic mass is 9.84. The fourth-order valence-corrected chi connectivity index (χ4v) is 4.90. The predicted octanol–water partition coefficient (Wildman–Crippen LogP) is 4.21. The Balaban J connectivity index is 1.70. The Morgan fingerprint density at radius 2 is 1.71 bits per heavy atom. The molecule has 2 saturated heterocycles. The van der Waals surface area contributed by atoms with Crippen LogP contribution in [-0.2, 0) is 11.2 Å². The van der Waals surface area contributed by atoms with Crippen LogP contribution in [0.2, 0.25) is 0 Å². The summed E-state index contributed by atoms with van der Waals surface area (Å²) in [7, 11) is 0. The third kappa shape index (κ3) is 5.65. The molecule has 2 aliphatic heterocycles. The van der Waals surface area contributed by atoms with Gasteiger partial charge in [0, 0.05) is 45.1 Å². The maximum Gasteiger partial charge on any atom is 0.327 e. The van der Waals surface area contributed by atoms with Gasteiger partial charge in [0.25, 0.3) is 5.91 Å². The largest absolute Gasteiger partial charge is 0.327 e. The van der Waals surface area contributed by atoms with E-state index < -0.39 is 5.54 Å². The monoisotopic (exact) mass is 428 g/mol. The highest BCUT2D eigenvalue weighted by Crippen LogP contribution is 2.38. The van der Waals surface area contributed by atoms with Gasteiger partial charge in [-0.05, 0) is 61.1 Å². The summed E-state index contributed by atoms with van der Waals surface area (Å²) in [5, 5.41) is 0. The molecule has 3 amide bonds. The average Bonchev–Trinajstić information content (AvgIpc) is 2.89. The minimum atomic E-state index is -0.642. The Morgan fingerprint density at radius 3 is 2.29 bits per heavy atom. The summed E-state index contributed by atoms with van der Waals surface area (Å²) in [4.78, 5) is 37.0. The van der Waals surface area contributed by atoms with Gasteiger partial charge in [0.1, 0.15) is 5.54 Å². The zero-order chi connectivity index (χ0) is 22.6. The summed E-state index contributed by atoms with van der Waals surface area (Å²) in [6, 6.07) is 3.91. The third-order valence-corrected chi connectivity index (χ3v) is 6.53. The molecular weight excluding hydrogens is 388 g/mol. The van der Waals surface area contributed by atoms with Crippen LogP contribution >= 0.6 is 0 Å². The van der Waals surface area contributed by atoms with Gasteiger partial charge < -0.3 is 9.80 Å². The van der Waals surface area contributed by atoms with Gasteiger partial charge in [0.2, 0.25) is 0 Å². The van der Waals surface area contributed by atoms with Crippen molar-refractivity contribution in [1.82, 2.24) is 19.7 Å². The normalized spacial score (nSPS) is 19.8. The molecule has 6 nitrogen and oxygen atoms in total. The first-order valence-electron chi connectivity index (χ1n) is 11.9. The van der Waals surface area contributed by atoms with Crippen LogP contribution in [-0.4, -0.2) is 69.9 Å². The summed E-state index contributed by atoms with van der Waals surface area (Å²) in [6.45, 7) is 15.0. The van der Waals surface area contributed by atoms with Gasteiger partial charge in [-0.1, -0.05) is 34.6 Å². The smallest absolute Gasteiger partial charge is 0.309 e. The van der Waals surface area contributed by atoms with E-state index in [-0.39, 0.29) is 17.4 Å². The topological polar surface area (TPSA) is 56.8 Å². The number of carbonyl (C=O) groups excluding carboxylic acids is 2. The number of likely N-dealkylation sites (tertiary alicyclic amines) is 1. The number of aromatic nitrogens is 1. The van der Waals surface area contributed by atoms with Crippen LogP contribution in [0.25, 0.3) is 0 Å². The lowest BCUT2D eigenvalue weighted by Gasteiger charge is -2.43. The zero-order valence-corrected chi connectivity index (χ0v) is 20.1. The summed E-state index contributed by atoms with van der Waals surface area (Å²) >= 11 is 0. The second kappa shape index (κ2) is 9.68. The van der Waals surface area contributed by atoms with E-state index in [2.05, 4.69) is 44.5 Å². The van der Waals surface area contributed by atoms with Crippen molar-refractivity contribution in [2.45, 2.75) is 72.3 Å². The Labute approximate surface area is 188 Å². The molecule has 1 aromatic heterocycles. The van der Waals surface area contributed by atoms with Crippen molar-refractivity contribution in [3.63, 3.8) is 0 Å². The van der Waals surface area contributed by atoms with Gasteiger partial charge in [-0.15, -0.1) is 0 Å². The molecular formula is C25H40N4O2. The number of piperidine rings is 1. The molecule has 172 valence electrons. The molecule has 3 heterocycles. The van der Waals surface area contributed by atoms with Crippen molar-refractivity contribution >= 4 is 11.9 Å².